The normalized spacial score (nSPS) is 17.3. The second kappa shape index (κ2) is 5.68. The number of nitrogens with one attached hydrogen (secondary N) is 1. The van der Waals surface area contributed by atoms with Gasteiger partial charge in [0.2, 0.25) is 5.91 Å². The molecule has 21 heavy (non-hydrogen) atoms. The van der Waals surface area contributed by atoms with Gasteiger partial charge in [-0.1, -0.05) is 6.92 Å². The Morgan fingerprint density at radius 3 is 2.95 bits per heavy atom. The maximum Gasteiger partial charge on any atom is 0.246 e. The van der Waals surface area contributed by atoms with Crippen LogP contribution in [-0.4, -0.2) is 15.7 Å². The first-order valence-corrected chi connectivity index (χ1v) is 7.21. The third kappa shape index (κ3) is 3.29. The molecule has 1 aromatic heterocycles. The van der Waals surface area contributed by atoms with Gasteiger partial charge in [0.05, 0.1) is 5.69 Å². The van der Waals surface area contributed by atoms with E-state index in [1.165, 1.54) is 17.7 Å². The smallest absolute Gasteiger partial charge is 0.246 e. The number of hydrogen-bond donors (Lipinski definition) is 1. The number of benzene rings is 1. The first kappa shape index (κ1) is 13.8. The molecule has 0 unspecified atom stereocenters. The van der Waals surface area contributed by atoms with Crippen LogP contribution in [0.25, 0.3) is 0 Å². The largest absolute Gasteiger partial charge is 0.324 e. The lowest BCUT2D eigenvalue weighted by Crippen LogP contribution is -2.19. The van der Waals surface area contributed by atoms with Gasteiger partial charge in [-0.2, -0.15) is 5.10 Å². The Hall–Kier alpha value is -2.17. The van der Waals surface area contributed by atoms with Crippen molar-refractivity contribution < 1.29 is 9.18 Å². The summed E-state index contributed by atoms with van der Waals surface area (Å²) >= 11 is 0. The lowest BCUT2D eigenvalue weighted by Gasteiger charge is -2.15. The topological polar surface area (TPSA) is 46.9 Å². The lowest BCUT2D eigenvalue weighted by atomic mass is 9.89. The Morgan fingerprint density at radius 1 is 1.43 bits per heavy atom. The van der Waals surface area contributed by atoms with E-state index in [9.17, 15) is 9.18 Å². The van der Waals surface area contributed by atoms with Crippen molar-refractivity contribution in [2.45, 2.75) is 32.7 Å². The highest BCUT2D eigenvalue weighted by atomic mass is 19.1. The molecular weight excluding hydrogens is 269 g/mol. The molecule has 2 aromatic rings. The van der Waals surface area contributed by atoms with E-state index in [1.807, 2.05) is 6.20 Å². The van der Waals surface area contributed by atoms with E-state index >= 15 is 0 Å². The van der Waals surface area contributed by atoms with E-state index in [2.05, 4.69) is 17.3 Å². The third-order valence-corrected chi connectivity index (χ3v) is 3.80. The SMILES string of the molecule is C[C@@H]1CCc2nn(CC(=O)Nc3ccc(F)cc3)cc2C1. The Kier molecular flexibility index (Phi) is 3.73. The molecular formula is C16H18FN3O. The summed E-state index contributed by atoms with van der Waals surface area (Å²) in [6.45, 7) is 2.42. The van der Waals surface area contributed by atoms with Gasteiger partial charge in [-0.25, -0.2) is 4.39 Å². The first-order chi connectivity index (χ1) is 10.1. The molecule has 0 saturated heterocycles. The van der Waals surface area contributed by atoms with Gasteiger partial charge in [-0.05, 0) is 55.0 Å². The Morgan fingerprint density at radius 2 is 2.19 bits per heavy atom. The number of nitrogens with zero attached hydrogens (tertiary/aromatic N) is 2. The zero-order chi connectivity index (χ0) is 14.8. The van der Waals surface area contributed by atoms with Crippen molar-refractivity contribution in [3.05, 3.63) is 47.5 Å². The van der Waals surface area contributed by atoms with Gasteiger partial charge in [0.15, 0.2) is 0 Å². The average molecular weight is 287 g/mol. The van der Waals surface area contributed by atoms with Crippen LogP contribution >= 0.6 is 0 Å². The van der Waals surface area contributed by atoms with Crippen LogP contribution in [0.2, 0.25) is 0 Å². The van der Waals surface area contributed by atoms with Crippen molar-refractivity contribution in [1.82, 2.24) is 9.78 Å². The van der Waals surface area contributed by atoms with Crippen LogP contribution in [-0.2, 0) is 24.2 Å². The van der Waals surface area contributed by atoms with Crippen molar-refractivity contribution in [2.24, 2.45) is 5.92 Å². The molecule has 1 amide bonds. The number of carbonyl (C=O) groups excluding carboxylic acids is 1. The molecule has 1 heterocycles. The van der Waals surface area contributed by atoms with Crippen molar-refractivity contribution in [2.75, 3.05) is 5.32 Å². The molecule has 0 saturated carbocycles. The molecule has 0 bridgehead atoms. The number of fused-ring (bicyclic) bond motifs is 1. The van der Waals surface area contributed by atoms with E-state index in [0.717, 1.165) is 25.0 Å². The predicted molar refractivity (Wildman–Crippen MR) is 78.4 cm³/mol. The summed E-state index contributed by atoms with van der Waals surface area (Å²) in [5.41, 5.74) is 2.96. The predicted octanol–water partition coefficient (Wildman–Crippen LogP) is 2.79. The number of anilines is 1. The van der Waals surface area contributed by atoms with Crippen molar-refractivity contribution >= 4 is 11.6 Å². The molecule has 1 aromatic carbocycles. The van der Waals surface area contributed by atoms with Crippen LogP contribution in [0.15, 0.2) is 30.5 Å². The molecule has 0 aliphatic heterocycles. The molecule has 1 aliphatic carbocycles. The number of amides is 1. The zero-order valence-corrected chi connectivity index (χ0v) is 12.0. The van der Waals surface area contributed by atoms with Crippen molar-refractivity contribution in [3.63, 3.8) is 0 Å². The maximum atomic E-state index is 12.8. The fraction of sp³-hybridized carbons (Fsp3) is 0.375. The Balaban J connectivity index is 1.64. The van der Waals surface area contributed by atoms with Gasteiger partial charge in [0.1, 0.15) is 12.4 Å². The van der Waals surface area contributed by atoms with E-state index in [1.54, 1.807) is 16.8 Å². The highest BCUT2D eigenvalue weighted by molar-refractivity contribution is 5.90. The summed E-state index contributed by atoms with van der Waals surface area (Å²) in [7, 11) is 0. The molecule has 1 atom stereocenters. The first-order valence-electron chi connectivity index (χ1n) is 7.21. The molecule has 0 radical (unpaired) electrons. The number of aryl methyl sites for hydroxylation is 1. The van der Waals surface area contributed by atoms with Gasteiger partial charge < -0.3 is 5.32 Å². The summed E-state index contributed by atoms with van der Waals surface area (Å²) in [6, 6.07) is 5.74. The second-order valence-electron chi connectivity index (χ2n) is 5.70. The quantitative estimate of drug-likeness (QED) is 0.943. The highest BCUT2D eigenvalue weighted by Gasteiger charge is 2.19. The van der Waals surface area contributed by atoms with Crippen LogP contribution in [0, 0.1) is 11.7 Å². The fourth-order valence-corrected chi connectivity index (χ4v) is 2.71. The Labute approximate surface area is 123 Å². The molecule has 0 spiro atoms. The molecule has 110 valence electrons. The fourth-order valence-electron chi connectivity index (χ4n) is 2.71. The molecule has 1 aliphatic rings. The van der Waals surface area contributed by atoms with Gasteiger partial charge >= 0.3 is 0 Å². The lowest BCUT2D eigenvalue weighted by molar-refractivity contribution is -0.116. The van der Waals surface area contributed by atoms with Gasteiger partial charge in [0.25, 0.3) is 0 Å². The second-order valence-corrected chi connectivity index (χ2v) is 5.70. The van der Waals surface area contributed by atoms with Crippen LogP contribution in [0.1, 0.15) is 24.6 Å². The standard InChI is InChI=1S/C16H18FN3O/c1-11-2-7-15-12(8-11)9-20(19-15)10-16(21)18-14-5-3-13(17)4-6-14/h3-6,9,11H,2,7-8,10H2,1H3,(H,18,21)/t11-/m1/s1. The minimum atomic E-state index is -0.318. The summed E-state index contributed by atoms with van der Waals surface area (Å²) in [5.74, 6) is 0.208. The minimum Gasteiger partial charge on any atom is -0.324 e. The number of aromatic nitrogens is 2. The van der Waals surface area contributed by atoms with E-state index in [4.69, 9.17) is 0 Å². The molecule has 3 rings (SSSR count). The van der Waals surface area contributed by atoms with E-state index in [-0.39, 0.29) is 18.3 Å². The molecule has 5 heteroatoms. The van der Waals surface area contributed by atoms with Gasteiger partial charge in [-0.3, -0.25) is 9.48 Å². The highest BCUT2D eigenvalue weighted by Crippen LogP contribution is 2.23. The zero-order valence-electron chi connectivity index (χ0n) is 12.0. The van der Waals surface area contributed by atoms with Crippen LogP contribution in [0.4, 0.5) is 10.1 Å². The summed E-state index contributed by atoms with van der Waals surface area (Å²) in [6.07, 6.45) is 5.15. The summed E-state index contributed by atoms with van der Waals surface area (Å²) in [4.78, 5) is 12.0. The molecule has 1 N–H and O–H groups in total. The molecule has 4 nitrogen and oxygen atoms in total. The Bertz CT molecular complexity index is 648. The number of halogens is 1. The number of hydrogen-bond acceptors (Lipinski definition) is 2. The number of carbonyl (C=O) groups is 1. The number of rotatable bonds is 3. The van der Waals surface area contributed by atoms with E-state index < -0.39 is 0 Å². The summed E-state index contributed by atoms with van der Waals surface area (Å²) in [5, 5.41) is 7.22. The molecule has 0 fully saturated rings. The van der Waals surface area contributed by atoms with Crippen molar-refractivity contribution in [3.8, 4) is 0 Å². The van der Waals surface area contributed by atoms with Crippen LogP contribution in [0.5, 0.6) is 0 Å². The van der Waals surface area contributed by atoms with Gasteiger partial charge in [0, 0.05) is 11.9 Å². The summed E-state index contributed by atoms with van der Waals surface area (Å²) < 4.78 is 14.5. The van der Waals surface area contributed by atoms with Crippen LogP contribution < -0.4 is 5.32 Å². The van der Waals surface area contributed by atoms with Crippen molar-refractivity contribution in [1.29, 1.82) is 0 Å². The van der Waals surface area contributed by atoms with Crippen LogP contribution in [0.3, 0.4) is 0 Å². The average Bonchev–Trinajstić information content (AvgIpc) is 2.82. The maximum absolute atomic E-state index is 12.8. The van der Waals surface area contributed by atoms with Gasteiger partial charge in [-0.15, -0.1) is 0 Å². The van der Waals surface area contributed by atoms with E-state index in [0.29, 0.717) is 11.6 Å². The minimum absolute atomic E-state index is 0.158. The third-order valence-electron chi connectivity index (χ3n) is 3.80. The monoisotopic (exact) mass is 287 g/mol.